The average molecular weight is 200 g/mol. The Morgan fingerprint density at radius 2 is 1.64 bits per heavy atom. The molecule has 0 N–H and O–H groups in total. The van der Waals surface area contributed by atoms with Gasteiger partial charge in [0.15, 0.2) is 0 Å². The molecule has 0 amide bonds. The second kappa shape index (κ2) is 6.44. The molecule has 0 aliphatic carbocycles. The van der Waals surface area contributed by atoms with Crippen molar-refractivity contribution in [2.24, 2.45) is 17.3 Å². The number of rotatable bonds is 7. The molecule has 0 aromatic rings. The van der Waals surface area contributed by atoms with E-state index in [-0.39, 0.29) is 0 Å². The fraction of sp³-hybridized carbons (Fsp3) is 1.00. The standard InChI is InChI=1S/C13H28O/c1-11(2)8-7-9-14-10-13(5,6)12(3)4/h11-12H,7-10H2,1-6H3. The Labute approximate surface area is 90.2 Å². The maximum Gasteiger partial charge on any atom is 0.0519 e. The highest BCUT2D eigenvalue weighted by atomic mass is 16.5. The van der Waals surface area contributed by atoms with Gasteiger partial charge in [-0.1, -0.05) is 41.5 Å². The topological polar surface area (TPSA) is 9.23 Å². The Balaban J connectivity index is 3.45. The van der Waals surface area contributed by atoms with Crippen molar-refractivity contribution in [1.82, 2.24) is 0 Å². The second-order valence-corrected chi connectivity index (χ2v) is 5.73. The summed E-state index contributed by atoms with van der Waals surface area (Å²) < 4.78 is 5.71. The summed E-state index contributed by atoms with van der Waals surface area (Å²) in [7, 11) is 0. The van der Waals surface area contributed by atoms with Crippen molar-refractivity contribution >= 4 is 0 Å². The van der Waals surface area contributed by atoms with Crippen LogP contribution in [0.25, 0.3) is 0 Å². The molecule has 0 radical (unpaired) electrons. The van der Waals surface area contributed by atoms with Crippen LogP contribution in [0.4, 0.5) is 0 Å². The molecule has 1 nitrogen and oxygen atoms in total. The van der Waals surface area contributed by atoms with Crippen molar-refractivity contribution in [3.05, 3.63) is 0 Å². The molecule has 0 atom stereocenters. The molecule has 0 aliphatic rings. The van der Waals surface area contributed by atoms with Gasteiger partial charge in [0.1, 0.15) is 0 Å². The van der Waals surface area contributed by atoms with Crippen molar-refractivity contribution < 1.29 is 4.74 Å². The van der Waals surface area contributed by atoms with Crippen LogP contribution in [0.1, 0.15) is 54.4 Å². The number of hydrogen-bond donors (Lipinski definition) is 0. The maximum atomic E-state index is 5.71. The zero-order valence-electron chi connectivity index (χ0n) is 10.9. The lowest BCUT2D eigenvalue weighted by Crippen LogP contribution is -2.25. The molecule has 86 valence electrons. The van der Waals surface area contributed by atoms with Crippen molar-refractivity contribution in [3.63, 3.8) is 0 Å². The Bertz CT molecular complexity index is 136. The van der Waals surface area contributed by atoms with E-state index >= 15 is 0 Å². The first-order valence-electron chi connectivity index (χ1n) is 5.94. The summed E-state index contributed by atoms with van der Waals surface area (Å²) in [5.41, 5.74) is 0.317. The molecule has 0 unspecified atom stereocenters. The van der Waals surface area contributed by atoms with Gasteiger partial charge in [0.2, 0.25) is 0 Å². The van der Waals surface area contributed by atoms with E-state index in [0.717, 1.165) is 19.1 Å². The quantitative estimate of drug-likeness (QED) is 0.562. The Kier molecular flexibility index (Phi) is 6.43. The molecule has 0 aliphatic heterocycles. The predicted octanol–water partition coefficient (Wildman–Crippen LogP) is 4.12. The van der Waals surface area contributed by atoms with E-state index in [4.69, 9.17) is 4.74 Å². The highest BCUT2D eigenvalue weighted by Crippen LogP contribution is 2.26. The van der Waals surface area contributed by atoms with Crippen molar-refractivity contribution in [2.75, 3.05) is 13.2 Å². The highest BCUT2D eigenvalue weighted by Gasteiger charge is 2.22. The molecular weight excluding hydrogens is 172 g/mol. The van der Waals surface area contributed by atoms with Crippen LogP contribution in [-0.4, -0.2) is 13.2 Å². The minimum Gasteiger partial charge on any atom is -0.381 e. The lowest BCUT2D eigenvalue weighted by molar-refractivity contribution is 0.0349. The van der Waals surface area contributed by atoms with Crippen LogP contribution in [0.2, 0.25) is 0 Å². The summed E-state index contributed by atoms with van der Waals surface area (Å²) in [6, 6.07) is 0. The SMILES string of the molecule is CC(C)CCCOCC(C)(C)C(C)C. The summed E-state index contributed by atoms with van der Waals surface area (Å²) in [4.78, 5) is 0. The molecule has 14 heavy (non-hydrogen) atoms. The zero-order chi connectivity index (χ0) is 11.2. The van der Waals surface area contributed by atoms with Crippen molar-refractivity contribution in [3.8, 4) is 0 Å². The molecule has 0 aromatic heterocycles. The van der Waals surface area contributed by atoms with Gasteiger partial charge >= 0.3 is 0 Å². The maximum absolute atomic E-state index is 5.71. The van der Waals surface area contributed by atoms with Gasteiger partial charge < -0.3 is 4.74 Å². The van der Waals surface area contributed by atoms with Gasteiger partial charge in [-0.15, -0.1) is 0 Å². The van der Waals surface area contributed by atoms with Crippen molar-refractivity contribution in [2.45, 2.75) is 54.4 Å². The molecule has 0 saturated heterocycles. The van der Waals surface area contributed by atoms with E-state index in [1.165, 1.54) is 12.8 Å². The van der Waals surface area contributed by atoms with E-state index in [1.54, 1.807) is 0 Å². The summed E-state index contributed by atoms with van der Waals surface area (Å²) in [6.07, 6.45) is 2.48. The van der Waals surface area contributed by atoms with E-state index in [2.05, 4.69) is 41.5 Å². The smallest absolute Gasteiger partial charge is 0.0519 e. The summed E-state index contributed by atoms with van der Waals surface area (Å²) in [6.45, 7) is 15.4. The Morgan fingerprint density at radius 3 is 2.07 bits per heavy atom. The lowest BCUT2D eigenvalue weighted by Gasteiger charge is -2.28. The molecule has 1 heteroatoms. The van der Waals surface area contributed by atoms with E-state index in [1.807, 2.05) is 0 Å². The highest BCUT2D eigenvalue weighted by molar-refractivity contribution is 4.71. The van der Waals surface area contributed by atoms with Gasteiger partial charge in [0.25, 0.3) is 0 Å². The van der Waals surface area contributed by atoms with Crippen LogP contribution in [0.15, 0.2) is 0 Å². The molecule has 0 bridgehead atoms. The van der Waals surface area contributed by atoms with Crippen LogP contribution in [0.3, 0.4) is 0 Å². The average Bonchev–Trinajstić information content (AvgIpc) is 2.02. The third kappa shape index (κ3) is 6.42. The fourth-order valence-corrected chi connectivity index (χ4v) is 1.10. The van der Waals surface area contributed by atoms with Crippen LogP contribution in [-0.2, 0) is 4.74 Å². The molecular formula is C13H28O. The fourth-order valence-electron chi connectivity index (χ4n) is 1.10. The van der Waals surface area contributed by atoms with E-state index in [9.17, 15) is 0 Å². The van der Waals surface area contributed by atoms with Gasteiger partial charge in [-0.05, 0) is 30.1 Å². The Hall–Kier alpha value is -0.0400. The van der Waals surface area contributed by atoms with Crippen molar-refractivity contribution in [1.29, 1.82) is 0 Å². The number of hydrogen-bond acceptors (Lipinski definition) is 1. The normalized spacial score (nSPS) is 12.9. The van der Waals surface area contributed by atoms with Gasteiger partial charge in [-0.2, -0.15) is 0 Å². The third-order valence-corrected chi connectivity index (χ3v) is 3.11. The Morgan fingerprint density at radius 1 is 1.07 bits per heavy atom. The second-order valence-electron chi connectivity index (χ2n) is 5.73. The van der Waals surface area contributed by atoms with Gasteiger partial charge in [-0.25, -0.2) is 0 Å². The van der Waals surface area contributed by atoms with Crippen LogP contribution in [0.5, 0.6) is 0 Å². The van der Waals surface area contributed by atoms with Gasteiger partial charge in [0.05, 0.1) is 6.61 Å². The van der Waals surface area contributed by atoms with Gasteiger partial charge in [0, 0.05) is 6.61 Å². The first-order chi connectivity index (χ1) is 6.36. The molecule has 0 fully saturated rings. The first-order valence-corrected chi connectivity index (χ1v) is 5.94. The van der Waals surface area contributed by atoms with Crippen LogP contribution < -0.4 is 0 Å². The van der Waals surface area contributed by atoms with Gasteiger partial charge in [-0.3, -0.25) is 0 Å². The zero-order valence-corrected chi connectivity index (χ0v) is 10.9. The molecule has 0 heterocycles. The largest absolute Gasteiger partial charge is 0.381 e. The number of ether oxygens (including phenoxy) is 1. The molecule has 0 saturated carbocycles. The lowest BCUT2D eigenvalue weighted by atomic mass is 9.82. The van der Waals surface area contributed by atoms with Crippen LogP contribution >= 0.6 is 0 Å². The minimum absolute atomic E-state index is 0.317. The van der Waals surface area contributed by atoms with E-state index in [0.29, 0.717) is 11.3 Å². The monoisotopic (exact) mass is 200 g/mol. The predicted molar refractivity (Wildman–Crippen MR) is 63.5 cm³/mol. The summed E-state index contributed by atoms with van der Waals surface area (Å²) in [5.74, 6) is 1.49. The summed E-state index contributed by atoms with van der Waals surface area (Å²) >= 11 is 0. The molecule has 0 aromatic carbocycles. The third-order valence-electron chi connectivity index (χ3n) is 3.11. The van der Waals surface area contributed by atoms with E-state index < -0.39 is 0 Å². The molecule has 0 rings (SSSR count). The molecule has 0 spiro atoms. The first kappa shape index (κ1) is 14.0. The minimum atomic E-state index is 0.317. The summed E-state index contributed by atoms with van der Waals surface area (Å²) in [5, 5.41) is 0. The van der Waals surface area contributed by atoms with Crippen LogP contribution in [0, 0.1) is 17.3 Å².